The minimum atomic E-state index is -0.291. The van der Waals surface area contributed by atoms with Crippen LogP contribution in [0, 0.1) is 5.82 Å². The summed E-state index contributed by atoms with van der Waals surface area (Å²) in [6, 6.07) is 6.17. The van der Waals surface area contributed by atoms with Gasteiger partial charge in [-0.2, -0.15) is 0 Å². The third-order valence-electron chi connectivity index (χ3n) is 3.21. The van der Waals surface area contributed by atoms with Gasteiger partial charge in [-0.15, -0.1) is 0 Å². The van der Waals surface area contributed by atoms with E-state index in [1.54, 1.807) is 18.5 Å². The topological polar surface area (TPSA) is 48.1 Å². The first-order valence-electron chi connectivity index (χ1n) is 5.95. The predicted octanol–water partition coefficient (Wildman–Crippen LogP) is 3.51. The van der Waals surface area contributed by atoms with E-state index in [1.165, 1.54) is 12.1 Å². The van der Waals surface area contributed by atoms with Crippen LogP contribution in [0.3, 0.4) is 0 Å². The van der Waals surface area contributed by atoms with Gasteiger partial charge in [-0.05, 0) is 40.2 Å². The molecule has 0 amide bonds. The maximum Gasteiger partial charge on any atom is 0.127 e. The third-order valence-corrected chi connectivity index (χ3v) is 3.64. The Morgan fingerprint density at radius 3 is 2.95 bits per heavy atom. The number of pyridine rings is 1. The smallest absolute Gasteiger partial charge is 0.127 e. The zero-order valence-corrected chi connectivity index (χ0v) is 11.6. The number of benzene rings is 1. The van der Waals surface area contributed by atoms with Crippen molar-refractivity contribution in [3.05, 3.63) is 58.1 Å². The summed E-state index contributed by atoms with van der Waals surface area (Å²) in [5, 5.41) is 0. The summed E-state index contributed by atoms with van der Waals surface area (Å²) >= 11 is 3.39. The number of nitrogens with zero attached hydrogens (tertiary/aromatic N) is 1. The van der Waals surface area contributed by atoms with Crippen LogP contribution in [-0.2, 0) is 0 Å². The van der Waals surface area contributed by atoms with Gasteiger partial charge in [0.15, 0.2) is 0 Å². The number of hydrogen-bond donors (Lipinski definition) is 1. The SMILES string of the molecule is N[C@@H]1CC(c2cncc(Br)c2)Oc2ccc(F)cc21. The molecule has 2 heterocycles. The van der Waals surface area contributed by atoms with E-state index in [4.69, 9.17) is 10.5 Å². The van der Waals surface area contributed by atoms with Crippen molar-refractivity contribution in [1.82, 2.24) is 4.98 Å². The molecule has 3 rings (SSSR count). The van der Waals surface area contributed by atoms with Gasteiger partial charge in [0.05, 0.1) is 0 Å². The molecule has 1 aliphatic rings. The second-order valence-corrected chi connectivity index (χ2v) is 5.48. The Balaban J connectivity index is 1.95. The van der Waals surface area contributed by atoms with Crippen LogP contribution in [0.5, 0.6) is 5.75 Å². The molecular formula is C14H12BrFN2O. The Labute approximate surface area is 118 Å². The van der Waals surface area contributed by atoms with Gasteiger partial charge in [-0.1, -0.05) is 0 Å². The van der Waals surface area contributed by atoms with Crippen molar-refractivity contribution in [2.24, 2.45) is 5.73 Å². The Kier molecular flexibility index (Phi) is 3.24. The van der Waals surface area contributed by atoms with Crippen LogP contribution in [0.2, 0.25) is 0 Å². The second-order valence-electron chi connectivity index (χ2n) is 4.57. The number of halogens is 2. The molecule has 0 fully saturated rings. The Bertz CT molecular complexity index is 620. The molecule has 0 saturated heterocycles. The van der Waals surface area contributed by atoms with E-state index in [1.807, 2.05) is 6.07 Å². The van der Waals surface area contributed by atoms with Gasteiger partial charge in [-0.3, -0.25) is 4.98 Å². The molecule has 1 aromatic heterocycles. The molecule has 98 valence electrons. The van der Waals surface area contributed by atoms with Gasteiger partial charge in [-0.25, -0.2) is 4.39 Å². The molecule has 2 aromatic rings. The molecule has 0 saturated carbocycles. The zero-order valence-electron chi connectivity index (χ0n) is 10.0. The van der Waals surface area contributed by atoms with Gasteiger partial charge in [0.2, 0.25) is 0 Å². The molecule has 0 spiro atoms. The molecule has 0 bridgehead atoms. The number of rotatable bonds is 1. The van der Waals surface area contributed by atoms with Crippen LogP contribution in [0.1, 0.15) is 29.7 Å². The summed E-state index contributed by atoms with van der Waals surface area (Å²) in [6.45, 7) is 0. The quantitative estimate of drug-likeness (QED) is 0.874. The summed E-state index contributed by atoms with van der Waals surface area (Å²) in [4.78, 5) is 4.13. The number of hydrogen-bond acceptors (Lipinski definition) is 3. The first kappa shape index (κ1) is 12.6. The lowest BCUT2D eigenvalue weighted by molar-refractivity contribution is 0.160. The fraction of sp³-hybridized carbons (Fsp3) is 0.214. The van der Waals surface area contributed by atoms with Gasteiger partial charge < -0.3 is 10.5 Å². The molecular weight excluding hydrogens is 311 g/mol. The van der Waals surface area contributed by atoms with Crippen LogP contribution in [0.15, 0.2) is 41.1 Å². The second kappa shape index (κ2) is 4.90. The van der Waals surface area contributed by atoms with E-state index in [-0.39, 0.29) is 18.0 Å². The normalized spacial score (nSPS) is 21.6. The molecule has 2 N–H and O–H groups in total. The van der Waals surface area contributed by atoms with Gasteiger partial charge in [0, 0.05) is 40.5 Å². The zero-order chi connectivity index (χ0) is 13.4. The van der Waals surface area contributed by atoms with E-state index in [2.05, 4.69) is 20.9 Å². The standard InChI is InChI=1S/C14H12BrFN2O/c15-9-3-8(6-18-7-9)14-5-12(17)11-4-10(16)1-2-13(11)19-14/h1-4,6-7,12,14H,5,17H2/t12-,14?/m1/s1. The average Bonchev–Trinajstić information content (AvgIpc) is 2.39. The molecule has 1 aromatic carbocycles. The van der Waals surface area contributed by atoms with Gasteiger partial charge in [0.25, 0.3) is 0 Å². The van der Waals surface area contributed by atoms with Crippen molar-refractivity contribution in [3.8, 4) is 5.75 Å². The van der Waals surface area contributed by atoms with Crippen LogP contribution < -0.4 is 10.5 Å². The van der Waals surface area contributed by atoms with E-state index in [9.17, 15) is 4.39 Å². The average molecular weight is 323 g/mol. The first-order valence-corrected chi connectivity index (χ1v) is 6.75. The summed E-state index contributed by atoms with van der Waals surface area (Å²) in [6.07, 6.45) is 3.93. The summed E-state index contributed by atoms with van der Waals surface area (Å²) in [7, 11) is 0. The van der Waals surface area contributed by atoms with Crippen molar-refractivity contribution in [2.45, 2.75) is 18.6 Å². The highest BCUT2D eigenvalue weighted by molar-refractivity contribution is 9.10. The molecule has 19 heavy (non-hydrogen) atoms. The van der Waals surface area contributed by atoms with Crippen LogP contribution >= 0.6 is 15.9 Å². The maximum absolute atomic E-state index is 13.2. The van der Waals surface area contributed by atoms with Crippen LogP contribution in [-0.4, -0.2) is 4.98 Å². The molecule has 0 radical (unpaired) electrons. The van der Waals surface area contributed by atoms with Gasteiger partial charge in [0.1, 0.15) is 17.7 Å². The van der Waals surface area contributed by atoms with E-state index in [0.717, 1.165) is 15.6 Å². The maximum atomic E-state index is 13.2. The Hall–Kier alpha value is -1.46. The predicted molar refractivity (Wildman–Crippen MR) is 73.3 cm³/mol. The van der Waals surface area contributed by atoms with Crippen molar-refractivity contribution in [2.75, 3.05) is 0 Å². The van der Waals surface area contributed by atoms with Crippen molar-refractivity contribution < 1.29 is 9.13 Å². The van der Waals surface area contributed by atoms with E-state index in [0.29, 0.717) is 12.2 Å². The molecule has 0 aliphatic carbocycles. The monoisotopic (exact) mass is 322 g/mol. The molecule has 3 nitrogen and oxygen atoms in total. The largest absolute Gasteiger partial charge is 0.485 e. The Morgan fingerprint density at radius 2 is 2.16 bits per heavy atom. The van der Waals surface area contributed by atoms with Crippen molar-refractivity contribution in [3.63, 3.8) is 0 Å². The highest BCUT2D eigenvalue weighted by Gasteiger charge is 2.27. The summed E-state index contributed by atoms with van der Waals surface area (Å²) in [5.74, 6) is 0.352. The van der Waals surface area contributed by atoms with E-state index >= 15 is 0 Å². The summed E-state index contributed by atoms with van der Waals surface area (Å²) in [5.41, 5.74) is 7.78. The van der Waals surface area contributed by atoms with Crippen molar-refractivity contribution in [1.29, 1.82) is 0 Å². The summed E-state index contributed by atoms with van der Waals surface area (Å²) < 4.78 is 20.0. The third kappa shape index (κ3) is 2.48. The van der Waals surface area contributed by atoms with Crippen LogP contribution in [0.25, 0.3) is 0 Å². The molecule has 2 atom stereocenters. The highest BCUT2D eigenvalue weighted by atomic mass is 79.9. The lowest BCUT2D eigenvalue weighted by atomic mass is 9.94. The molecule has 1 aliphatic heterocycles. The lowest BCUT2D eigenvalue weighted by Crippen LogP contribution is -2.24. The highest BCUT2D eigenvalue weighted by Crippen LogP contribution is 2.39. The molecule has 1 unspecified atom stereocenters. The Morgan fingerprint density at radius 1 is 1.32 bits per heavy atom. The van der Waals surface area contributed by atoms with Gasteiger partial charge >= 0.3 is 0 Å². The van der Waals surface area contributed by atoms with E-state index < -0.39 is 0 Å². The number of aromatic nitrogens is 1. The molecule has 5 heteroatoms. The number of ether oxygens (including phenoxy) is 1. The minimum Gasteiger partial charge on any atom is -0.485 e. The number of fused-ring (bicyclic) bond motifs is 1. The number of nitrogens with two attached hydrogens (primary N) is 1. The fourth-order valence-corrected chi connectivity index (χ4v) is 2.67. The van der Waals surface area contributed by atoms with Crippen LogP contribution in [0.4, 0.5) is 4.39 Å². The fourth-order valence-electron chi connectivity index (χ4n) is 2.28. The van der Waals surface area contributed by atoms with Crippen molar-refractivity contribution >= 4 is 15.9 Å². The first-order chi connectivity index (χ1) is 9.13. The minimum absolute atomic E-state index is 0.155. The lowest BCUT2D eigenvalue weighted by Gasteiger charge is -2.30.